The van der Waals surface area contributed by atoms with Crippen molar-refractivity contribution >= 4 is 17.9 Å². The molecule has 1 aromatic heterocycles. The van der Waals surface area contributed by atoms with Crippen LogP contribution in [0.25, 0.3) is 6.08 Å². The zero-order valence-corrected chi connectivity index (χ0v) is 17.9. The average molecular weight is 440 g/mol. The molecule has 1 aliphatic heterocycles. The first-order chi connectivity index (χ1) is 15.5. The van der Waals surface area contributed by atoms with Crippen molar-refractivity contribution < 1.29 is 18.4 Å². The van der Waals surface area contributed by atoms with E-state index in [0.29, 0.717) is 25.2 Å². The van der Waals surface area contributed by atoms with Gasteiger partial charge in [0, 0.05) is 44.0 Å². The Hall–Kier alpha value is -3.09. The summed E-state index contributed by atoms with van der Waals surface area (Å²) in [5.41, 5.74) is 1.68. The monoisotopic (exact) mass is 439 g/mol. The van der Waals surface area contributed by atoms with Crippen molar-refractivity contribution in [1.29, 1.82) is 0 Å². The molecule has 32 heavy (non-hydrogen) atoms. The first kappa shape index (κ1) is 22.1. The van der Waals surface area contributed by atoms with Gasteiger partial charge in [-0.05, 0) is 79.0 Å². The van der Waals surface area contributed by atoms with Crippen LogP contribution in [0.1, 0.15) is 36.8 Å². The molecule has 1 atom stereocenters. The minimum absolute atomic E-state index is 0.0236. The number of aromatic nitrogens is 1. The maximum atomic E-state index is 13.3. The number of pyridine rings is 1. The highest BCUT2D eigenvalue weighted by Crippen LogP contribution is 2.59. The summed E-state index contributed by atoms with van der Waals surface area (Å²) in [7, 11) is 0. The highest BCUT2D eigenvalue weighted by Gasteiger charge is 2.58. The third-order valence-electron chi connectivity index (χ3n) is 6.63. The number of benzene rings is 1. The number of piperidine rings is 1. The minimum atomic E-state index is -0.935. The van der Waals surface area contributed by atoms with Gasteiger partial charge < -0.3 is 10.2 Å². The van der Waals surface area contributed by atoms with Crippen LogP contribution < -0.4 is 5.32 Å². The molecule has 2 aromatic rings. The second-order valence-electron chi connectivity index (χ2n) is 8.70. The molecule has 0 unspecified atom stereocenters. The van der Waals surface area contributed by atoms with Crippen molar-refractivity contribution in [3.8, 4) is 0 Å². The zero-order valence-electron chi connectivity index (χ0n) is 17.9. The molecule has 168 valence electrons. The number of likely N-dealkylation sites (tertiary alicyclic amines) is 1. The van der Waals surface area contributed by atoms with Crippen LogP contribution in [0.5, 0.6) is 0 Å². The molecule has 4 rings (SSSR count). The maximum Gasteiger partial charge on any atom is 0.246 e. The predicted octanol–water partition coefficient (Wildman–Crippen LogP) is 3.75. The van der Waals surface area contributed by atoms with Gasteiger partial charge >= 0.3 is 0 Å². The van der Waals surface area contributed by atoms with Gasteiger partial charge in [0.25, 0.3) is 0 Å². The summed E-state index contributed by atoms with van der Waals surface area (Å²) in [6.45, 7) is 1.87. The Labute approximate surface area is 186 Å². The number of halogens is 2. The van der Waals surface area contributed by atoms with Gasteiger partial charge in [0.2, 0.25) is 11.8 Å². The number of rotatable bonds is 7. The lowest BCUT2D eigenvalue weighted by Crippen LogP contribution is -2.40. The van der Waals surface area contributed by atoms with E-state index in [1.54, 1.807) is 17.3 Å². The average Bonchev–Trinajstić information content (AvgIpc) is 3.51. The van der Waals surface area contributed by atoms with Gasteiger partial charge in [0.1, 0.15) is 0 Å². The number of carbonyl (C=O) groups excluding carboxylic acids is 2. The Kier molecular flexibility index (Phi) is 6.63. The van der Waals surface area contributed by atoms with E-state index in [1.807, 2.05) is 12.1 Å². The second-order valence-corrected chi connectivity index (χ2v) is 8.70. The fraction of sp³-hybridized carbons (Fsp3) is 0.400. The van der Waals surface area contributed by atoms with Crippen LogP contribution in [0.3, 0.4) is 0 Å². The van der Waals surface area contributed by atoms with E-state index in [2.05, 4.69) is 10.3 Å². The number of amides is 2. The van der Waals surface area contributed by atoms with Gasteiger partial charge in [0.05, 0.1) is 0 Å². The summed E-state index contributed by atoms with van der Waals surface area (Å²) in [5, 5.41) is 3.06. The van der Waals surface area contributed by atoms with Gasteiger partial charge in [-0.3, -0.25) is 14.6 Å². The predicted molar refractivity (Wildman–Crippen MR) is 117 cm³/mol. The molecule has 1 saturated carbocycles. The molecule has 1 aromatic carbocycles. The summed E-state index contributed by atoms with van der Waals surface area (Å²) in [4.78, 5) is 30.8. The van der Waals surface area contributed by atoms with Crippen LogP contribution >= 0.6 is 0 Å². The van der Waals surface area contributed by atoms with E-state index in [-0.39, 0.29) is 23.1 Å². The molecule has 2 heterocycles. The Morgan fingerprint density at radius 2 is 1.88 bits per heavy atom. The van der Waals surface area contributed by atoms with E-state index in [9.17, 15) is 18.4 Å². The maximum absolute atomic E-state index is 13.3. The van der Waals surface area contributed by atoms with Crippen molar-refractivity contribution in [2.24, 2.45) is 11.3 Å². The lowest BCUT2D eigenvalue weighted by atomic mass is 9.90. The molecule has 5 nitrogen and oxygen atoms in total. The lowest BCUT2D eigenvalue weighted by Gasteiger charge is -2.32. The third kappa shape index (κ3) is 5.21. The van der Waals surface area contributed by atoms with E-state index in [4.69, 9.17) is 0 Å². The quantitative estimate of drug-likeness (QED) is 0.528. The van der Waals surface area contributed by atoms with Crippen LogP contribution in [0.2, 0.25) is 0 Å². The van der Waals surface area contributed by atoms with Crippen LogP contribution in [0.4, 0.5) is 8.78 Å². The summed E-state index contributed by atoms with van der Waals surface area (Å²) < 4.78 is 26.3. The van der Waals surface area contributed by atoms with Crippen molar-refractivity contribution in [3.63, 3.8) is 0 Å². The standard InChI is InChI=1S/C25H27F2N3O2/c26-21-5-3-19(16-22(21)27)4-6-23(31)30-14-9-25(10-15-30)17-20(25)24(32)29-11-1-2-18-7-12-28-13-8-18/h3-8,12-13,16,20H,1-2,9-11,14-15,17H2,(H,29,32)/b6-4+/t20-/m0/s1. The highest BCUT2D eigenvalue weighted by molar-refractivity contribution is 5.92. The van der Waals surface area contributed by atoms with E-state index in [1.165, 1.54) is 23.8 Å². The molecular weight excluding hydrogens is 412 g/mol. The number of nitrogens with one attached hydrogen (secondary N) is 1. The molecule has 1 N–H and O–H groups in total. The van der Waals surface area contributed by atoms with Crippen LogP contribution in [-0.4, -0.2) is 41.3 Å². The number of hydrogen-bond acceptors (Lipinski definition) is 3. The normalized spacial score (nSPS) is 19.3. The van der Waals surface area contributed by atoms with Crippen LogP contribution in [0, 0.1) is 23.0 Å². The van der Waals surface area contributed by atoms with Crippen molar-refractivity contribution in [1.82, 2.24) is 15.2 Å². The number of carbonyl (C=O) groups is 2. The molecule has 2 fully saturated rings. The fourth-order valence-electron chi connectivity index (χ4n) is 4.51. The Balaban J connectivity index is 1.19. The summed E-state index contributed by atoms with van der Waals surface area (Å²) in [5.74, 6) is -1.83. The topological polar surface area (TPSA) is 62.3 Å². The molecule has 2 aliphatic rings. The molecule has 1 spiro atoms. The minimum Gasteiger partial charge on any atom is -0.356 e. The van der Waals surface area contributed by atoms with Crippen LogP contribution in [-0.2, 0) is 16.0 Å². The molecule has 0 bridgehead atoms. The third-order valence-corrected chi connectivity index (χ3v) is 6.63. The first-order valence-corrected chi connectivity index (χ1v) is 11.1. The van der Waals surface area contributed by atoms with Crippen molar-refractivity contribution in [2.45, 2.75) is 32.1 Å². The number of hydrogen-bond donors (Lipinski definition) is 1. The SMILES string of the molecule is O=C(NCCCc1ccncc1)[C@@H]1CC12CCN(C(=O)/C=C/c1ccc(F)c(F)c1)CC2. The Bertz CT molecular complexity index is 1000. The zero-order chi connectivity index (χ0) is 22.6. The second kappa shape index (κ2) is 9.59. The summed E-state index contributed by atoms with van der Waals surface area (Å²) >= 11 is 0. The fourth-order valence-corrected chi connectivity index (χ4v) is 4.51. The van der Waals surface area contributed by atoms with Gasteiger partial charge in [-0.2, -0.15) is 0 Å². The molecular formula is C25H27F2N3O2. The first-order valence-electron chi connectivity index (χ1n) is 11.1. The molecule has 1 aliphatic carbocycles. The van der Waals surface area contributed by atoms with E-state index in [0.717, 1.165) is 44.2 Å². The van der Waals surface area contributed by atoms with Crippen molar-refractivity contribution in [2.75, 3.05) is 19.6 Å². The molecule has 1 saturated heterocycles. The van der Waals surface area contributed by atoms with Crippen molar-refractivity contribution in [3.05, 3.63) is 71.6 Å². The van der Waals surface area contributed by atoms with Gasteiger partial charge in [-0.25, -0.2) is 8.78 Å². The molecule has 0 radical (unpaired) electrons. The largest absolute Gasteiger partial charge is 0.356 e. The molecule has 7 heteroatoms. The Morgan fingerprint density at radius 1 is 1.12 bits per heavy atom. The lowest BCUT2D eigenvalue weighted by molar-refractivity contribution is -0.127. The smallest absolute Gasteiger partial charge is 0.246 e. The highest BCUT2D eigenvalue weighted by atomic mass is 19.2. The summed E-state index contributed by atoms with van der Waals surface area (Å²) in [6, 6.07) is 7.51. The van der Waals surface area contributed by atoms with Gasteiger partial charge in [0.15, 0.2) is 11.6 Å². The number of nitrogens with zero attached hydrogens (tertiary/aromatic N) is 2. The van der Waals surface area contributed by atoms with E-state index >= 15 is 0 Å². The number of aryl methyl sites for hydroxylation is 1. The van der Waals surface area contributed by atoms with Gasteiger partial charge in [-0.15, -0.1) is 0 Å². The molecule has 2 amide bonds. The van der Waals surface area contributed by atoms with E-state index < -0.39 is 11.6 Å². The Morgan fingerprint density at radius 3 is 2.59 bits per heavy atom. The van der Waals surface area contributed by atoms with Crippen LogP contribution in [0.15, 0.2) is 48.8 Å². The summed E-state index contributed by atoms with van der Waals surface area (Å²) in [6.07, 6.45) is 10.7. The van der Waals surface area contributed by atoms with Gasteiger partial charge in [-0.1, -0.05) is 6.07 Å².